The number of rotatable bonds is 5. The van der Waals surface area contributed by atoms with Crippen molar-refractivity contribution >= 4 is 44.8 Å². The van der Waals surface area contributed by atoms with Gasteiger partial charge >= 0.3 is 0 Å². The third-order valence-electron chi connectivity index (χ3n) is 3.75. The van der Waals surface area contributed by atoms with Gasteiger partial charge in [-0.05, 0) is 30.7 Å². The number of nitrogens with zero attached hydrogens (tertiary/aromatic N) is 1. The molecule has 3 aromatic rings. The molecule has 1 aromatic heterocycles. The van der Waals surface area contributed by atoms with Crippen molar-refractivity contribution in [2.24, 2.45) is 0 Å². The molecule has 0 aliphatic rings. The summed E-state index contributed by atoms with van der Waals surface area (Å²) in [4.78, 5) is 16.8. The van der Waals surface area contributed by atoms with Gasteiger partial charge in [-0.1, -0.05) is 57.9 Å². The van der Waals surface area contributed by atoms with Crippen molar-refractivity contribution in [3.8, 4) is 10.6 Å². The van der Waals surface area contributed by atoms with Crippen molar-refractivity contribution in [3.05, 3.63) is 74.7 Å². The van der Waals surface area contributed by atoms with E-state index in [1.807, 2.05) is 60.8 Å². The molecule has 1 N–H and O–H groups in total. The van der Waals surface area contributed by atoms with E-state index in [1.165, 1.54) is 11.3 Å². The minimum atomic E-state index is -0.0535. The number of thiazole rings is 1. The highest BCUT2D eigenvalue weighted by Crippen LogP contribution is 2.30. The summed E-state index contributed by atoms with van der Waals surface area (Å²) in [5.41, 5.74) is 2.70. The predicted octanol–water partition coefficient (Wildman–Crippen LogP) is 5.65. The minimum Gasteiger partial charge on any atom is -0.349 e. The molecular formula is C19H16BrClN2OS. The molecule has 6 heteroatoms. The molecule has 1 unspecified atom stereocenters. The number of nitrogens with one attached hydrogen (secondary N) is 1. The Bertz CT molecular complexity index is 879. The van der Waals surface area contributed by atoms with Crippen LogP contribution in [0, 0.1) is 0 Å². The van der Waals surface area contributed by atoms with Gasteiger partial charge in [-0.3, -0.25) is 4.79 Å². The van der Waals surface area contributed by atoms with Gasteiger partial charge in [0, 0.05) is 15.4 Å². The van der Waals surface area contributed by atoms with Gasteiger partial charge < -0.3 is 5.32 Å². The fourth-order valence-electron chi connectivity index (χ4n) is 2.44. The highest BCUT2D eigenvalue weighted by atomic mass is 79.9. The number of carbonyl (C=O) groups excluding carboxylic acids is 1. The topological polar surface area (TPSA) is 42.0 Å². The normalized spacial score (nSPS) is 12.0. The average molecular weight is 436 g/mol. The molecule has 1 heterocycles. The minimum absolute atomic E-state index is 0.0496. The predicted molar refractivity (Wildman–Crippen MR) is 107 cm³/mol. The van der Waals surface area contributed by atoms with Gasteiger partial charge in [0.1, 0.15) is 5.01 Å². The van der Waals surface area contributed by atoms with Crippen LogP contribution in [-0.2, 0) is 11.2 Å². The summed E-state index contributed by atoms with van der Waals surface area (Å²) in [7, 11) is 0. The summed E-state index contributed by atoms with van der Waals surface area (Å²) in [6.07, 6.45) is 0.252. The zero-order chi connectivity index (χ0) is 17.8. The van der Waals surface area contributed by atoms with Crippen LogP contribution in [0.5, 0.6) is 0 Å². The van der Waals surface area contributed by atoms with E-state index in [0.29, 0.717) is 5.02 Å². The molecule has 128 valence electrons. The standard InChI is InChI=1S/C19H16BrClN2OS/c1-12(13-6-8-14(20)9-7-13)22-18(24)10-15-11-25-19(23-15)16-4-2-3-5-17(16)21/h2-9,11-12H,10H2,1H3,(H,22,24). The molecule has 0 fully saturated rings. The SMILES string of the molecule is CC(NC(=O)Cc1csc(-c2ccccc2Cl)n1)c1ccc(Br)cc1. The molecule has 0 saturated heterocycles. The van der Waals surface area contributed by atoms with Crippen LogP contribution in [0.15, 0.2) is 58.4 Å². The summed E-state index contributed by atoms with van der Waals surface area (Å²) >= 11 is 11.1. The van der Waals surface area contributed by atoms with Crippen LogP contribution in [0.4, 0.5) is 0 Å². The summed E-state index contributed by atoms with van der Waals surface area (Å²) in [6.45, 7) is 1.97. The second-order valence-corrected chi connectivity index (χ2v) is 7.82. The second-order valence-electron chi connectivity index (χ2n) is 5.64. The number of hydrogen-bond donors (Lipinski definition) is 1. The fourth-order valence-corrected chi connectivity index (χ4v) is 3.84. The first-order chi connectivity index (χ1) is 12.0. The fraction of sp³-hybridized carbons (Fsp3) is 0.158. The maximum absolute atomic E-state index is 12.3. The van der Waals surface area contributed by atoms with Crippen LogP contribution in [0.2, 0.25) is 5.02 Å². The van der Waals surface area contributed by atoms with Gasteiger partial charge in [-0.15, -0.1) is 11.3 Å². The van der Waals surface area contributed by atoms with Crippen LogP contribution in [0.1, 0.15) is 24.2 Å². The van der Waals surface area contributed by atoms with Gasteiger partial charge in [0.05, 0.1) is 23.2 Å². The Labute approximate surface area is 164 Å². The molecular weight excluding hydrogens is 420 g/mol. The smallest absolute Gasteiger partial charge is 0.226 e. The van der Waals surface area contributed by atoms with E-state index < -0.39 is 0 Å². The highest BCUT2D eigenvalue weighted by Gasteiger charge is 2.13. The molecule has 3 nitrogen and oxygen atoms in total. The van der Waals surface area contributed by atoms with E-state index in [2.05, 4.69) is 26.2 Å². The Morgan fingerprint density at radius 2 is 1.96 bits per heavy atom. The van der Waals surface area contributed by atoms with Gasteiger partial charge in [-0.2, -0.15) is 0 Å². The van der Waals surface area contributed by atoms with E-state index in [9.17, 15) is 4.79 Å². The molecule has 25 heavy (non-hydrogen) atoms. The second kappa shape index (κ2) is 8.13. The Morgan fingerprint density at radius 1 is 1.24 bits per heavy atom. The molecule has 0 saturated carbocycles. The van der Waals surface area contributed by atoms with Crippen molar-refractivity contribution in [3.63, 3.8) is 0 Å². The molecule has 0 radical (unpaired) electrons. The number of halogens is 2. The number of hydrogen-bond acceptors (Lipinski definition) is 3. The zero-order valence-electron chi connectivity index (χ0n) is 13.5. The van der Waals surface area contributed by atoms with Crippen LogP contribution < -0.4 is 5.32 Å². The number of amides is 1. The van der Waals surface area contributed by atoms with Gasteiger partial charge in [0.15, 0.2) is 0 Å². The van der Waals surface area contributed by atoms with Crippen LogP contribution >= 0.6 is 38.9 Å². The van der Waals surface area contributed by atoms with Crippen molar-refractivity contribution in [2.45, 2.75) is 19.4 Å². The van der Waals surface area contributed by atoms with Crippen LogP contribution in [-0.4, -0.2) is 10.9 Å². The first-order valence-electron chi connectivity index (χ1n) is 7.77. The molecule has 0 aliphatic heterocycles. The lowest BCUT2D eigenvalue weighted by molar-refractivity contribution is -0.121. The molecule has 0 spiro atoms. The van der Waals surface area contributed by atoms with Gasteiger partial charge in [0.25, 0.3) is 0 Å². The first-order valence-corrected chi connectivity index (χ1v) is 9.82. The Morgan fingerprint density at radius 3 is 2.68 bits per heavy atom. The first kappa shape index (κ1) is 18.1. The number of benzene rings is 2. The molecule has 3 rings (SSSR count). The molecule has 1 amide bonds. The third-order valence-corrected chi connectivity index (χ3v) is 5.53. The Hall–Kier alpha value is -1.69. The van der Waals surface area contributed by atoms with E-state index >= 15 is 0 Å². The van der Waals surface area contributed by atoms with Gasteiger partial charge in [-0.25, -0.2) is 4.98 Å². The van der Waals surface area contributed by atoms with Crippen molar-refractivity contribution in [1.82, 2.24) is 10.3 Å². The summed E-state index contributed by atoms with van der Waals surface area (Å²) in [5, 5.41) is 6.41. The lowest BCUT2D eigenvalue weighted by Crippen LogP contribution is -2.28. The maximum atomic E-state index is 12.3. The van der Waals surface area contributed by atoms with Crippen molar-refractivity contribution < 1.29 is 4.79 Å². The Kier molecular flexibility index (Phi) is 5.89. The lowest BCUT2D eigenvalue weighted by atomic mass is 10.1. The average Bonchev–Trinajstić information content (AvgIpc) is 3.03. The van der Waals surface area contributed by atoms with Crippen LogP contribution in [0.3, 0.4) is 0 Å². The summed E-state index contributed by atoms with van der Waals surface area (Å²) < 4.78 is 1.02. The third kappa shape index (κ3) is 4.69. The monoisotopic (exact) mass is 434 g/mol. The van der Waals surface area contributed by atoms with E-state index in [4.69, 9.17) is 11.6 Å². The van der Waals surface area contributed by atoms with Gasteiger partial charge in [0.2, 0.25) is 5.91 Å². The maximum Gasteiger partial charge on any atom is 0.226 e. The largest absolute Gasteiger partial charge is 0.349 e. The number of carbonyl (C=O) groups is 1. The van der Waals surface area contributed by atoms with Crippen LogP contribution in [0.25, 0.3) is 10.6 Å². The lowest BCUT2D eigenvalue weighted by Gasteiger charge is -2.14. The quantitative estimate of drug-likeness (QED) is 0.563. The summed E-state index contributed by atoms with van der Waals surface area (Å²) in [5.74, 6) is -0.0496. The van der Waals surface area contributed by atoms with E-state index in [1.54, 1.807) is 0 Å². The molecule has 2 aromatic carbocycles. The Balaban J connectivity index is 1.64. The number of aromatic nitrogens is 1. The highest BCUT2D eigenvalue weighted by molar-refractivity contribution is 9.10. The van der Waals surface area contributed by atoms with E-state index in [-0.39, 0.29) is 18.4 Å². The molecule has 1 atom stereocenters. The van der Waals surface area contributed by atoms with Crippen molar-refractivity contribution in [1.29, 1.82) is 0 Å². The zero-order valence-corrected chi connectivity index (χ0v) is 16.7. The molecule has 0 bridgehead atoms. The molecule has 0 aliphatic carbocycles. The van der Waals surface area contributed by atoms with Crippen molar-refractivity contribution in [2.75, 3.05) is 0 Å². The van der Waals surface area contributed by atoms with E-state index in [0.717, 1.165) is 26.3 Å². The summed E-state index contributed by atoms with van der Waals surface area (Å²) in [6, 6.07) is 15.4.